The Labute approximate surface area is 198 Å². The second-order valence-electron chi connectivity index (χ2n) is 7.72. The normalized spacial score (nSPS) is 11.3. The number of benzene rings is 2. The Hall–Kier alpha value is -4.08. The highest BCUT2D eigenvalue weighted by Crippen LogP contribution is 2.22. The standard InChI is InChI=1S/C24H31N5O5/c1-14-6-8-21(34-3)17(11-14)23(32)29-18(5-4-10-28-24(26)27)19(30)13-15-7-9-20(33-2)16(12-15)22(25)31/h6-9,11-12,18H,4-5,10,13H2,1-3H3,(H2,25,31)(H,29,32)(H4,26,27,28)/t18-/m0/s1. The van der Waals surface area contributed by atoms with Crippen LogP contribution in [0.15, 0.2) is 41.4 Å². The zero-order chi connectivity index (χ0) is 25.3. The molecule has 0 bridgehead atoms. The van der Waals surface area contributed by atoms with E-state index in [2.05, 4.69) is 10.3 Å². The number of methoxy groups -OCH3 is 2. The number of aliphatic imine (C=N–C) groups is 1. The number of ether oxygens (including phenoxy) is 2. The number of aryl methyl sites for hydroxylation is 1. The highest BCUT2D eigenvalue weighted by Gasteiger charge is 2.23. The topological polar surface area (TPSA) is 172 Å². The summed E-state index contributed by atoms with van der Waals surface area (Å²) in [4.78, 5) is 41.9. The smallest absolute Gasteiger partial charge is 0.255 e. The predicted molar refractivity (Wildman–Crippen MR) is 129 cm³/mol. The summed E-state index contributed by atoms with van der Waals surface area (Å²) in [5.41, 5.74) is 18.1. The van der Waals surface area contributed by atoms with Crippen LogP contribution >= 0.6 is 0 Å². The first-order valence-electron chi connectivity index (χ1n) is 10.7. The van der Waals surface area contributed by atoms with Crippen molar-refractivity contribution in [2.24, 2.45) is 22.2 Å². The largest absolute Gasteiger partial charge is 0.496 e. The van der Waals surface area contributed by atoms with Crippen LogP contribution in [-0.4, -0.2) is 50.4 Å². The molecule has 0 unspecified atom stereocenters. The molecule has 0 aliphatic rings. The van der Waals surface area contributed by atoms with Crippen molar-refractivity contribution >= 4 is 23.6 Å². The van der Waals surface area contributed by atoms with E-state index in [9.17, 15) is 14.4 Å². The fraction of sp³-hybridized carbons (Fsp3) is 0.333. The molecule has 1 atom stereocenters. The molecule has 0 aliphatic carbocycles. The summed E-state index contributed by atoms with van der Waals surface area (Å²) >= 11 is 0. The van der Waals surface area contributed by atoms with Crippen LogP contribution < -0.4 is 32.0 Å². The Balaban J connectivity index is 2.25. The quantitative estimate of drug-likeness (QED) is 0.204. The van der Waals surface area contributed by atoms with E-state index in [0.717, 1.165) is 5.56 Å². The molecule has 0 aromatic heterocycles. The Bertz CT molecular complexity index is 1080. The third-order valence-electron chi connectivity index (χ3n) is 5.15. The molecule has 10 nitrogen and oxygen atoms in total. The maximum atomic E-state index is 13.2. The van der Waals surface area contributed by atoms with Crippen LogP contribution in [0.5, 0.6) is 11.5 Å². The minimum absolute atomic E-state index is 0.0253. The van der Waals surface area contributed by atoms with Gasteiger partial charge in [-0.3, -0.25) is 19.4 Å². The maximum absolute atomic E-state index is 13.2. The van der Waals surface area contributed by atoms with Crippen molar-refractivity contribution in [1.82, 2.24) is 5.32 Å². The van der Waals surface area contributed by atoms with Gasteiger partial charge in [-0.25, -0.2) is 0 Å². The molecule has 0 heterocycles. The fourth-order valence-electron chi connectivity index (χ4n) is 3.43. The van der Waals surface area contributed by atoms with Gasteiger partial charge >= 0.3 is 0 Å². The summed E-state index contributed by atoms with van der Waals surface area (Å²) < 4.78 is 10.4. The number of amides is 2. The van der Waals surface area contributed by atoms with Crippen molar-refractivity contribution in [3.05, 3.63) is 58.7 Å². The summed E-state index contributed by atoms with van der Waals surface area (Å²) in [5, 5.41) is 2.81. The average Bonchev–Trinajstić information content (AvgIpc) is 2.80. The number of hydrogen-bond donors (Lipinski definition) is 4. The second-order valence-corrected chi connectivity index (χ2v) is 7.72. The summed E-state index contributed by atoms with van der Waals surface area (Å²) in [6.45, 7) is 2.16. The summed E-state index contributed by atoms with van der Waals surface area (Å²) in [6.07, 6.45) is 0.755. The first-order valence-corrected chi connectivity index (χ1v) is 10.7. The number of primary amides is 1. The van der Waals surface area contributed by atoms with E-state index in [4.69, 9.17) is 26.7 Å². The number of rotatable bonds is 12. The van der Waals surface area contributed by atoms with Crippen LogP contribution in [0.3, 0.4) is 0 Å². The number of carbonyl (C=O) groups excluding carboxylic acids is 3. The van der Waals surface area contributed by atoms with Crippen LogP contribution in [0.2, 0.25) is 0 Å². The first kappa shape index (κ1) is 26.2. The Morgan fingerprint density at radius 3 is 2.24 bits per heavy atom. The van der Waals surface area contributed by atoms with Crippen molar-refractivity contribution in [3.8, 4) is 11.5 Å². The second kappa shape index (κ2) is 12.2. The van der Waals surface area contributed by atoms with Gasteiger partial charge in [-0.1, -0.05) is 17.7 Å². The highest BCUT2D eigenvalue weighted by atomic mass is 16.5. The minimum Gasteiger partial charge on any atom is -0.496 e. The van der Waals surface area contributed by atoms with E-state index in [1.165, 1.54) is 20.3 Å². The molecular weight excluding hydrogens is 438 g/mol. The molecule has 2 rings (SSSR count). The number of carbonyl (C=O) groups is 3. The molecule has 7 N–H and O–H groups in total. The lowest BCUT2D eigenvalue weighted by molar-refractivity contribution is -0.120. The molecule has 0 radical (unpaired) electrons. The number of nitrogens with one attached hydrogen (secondary N) is 1. The number of guanidine groups is 1. The molecule has 182 valence electrons. The van der Waals surface area contributed by atoms with Gasteiger partial charge < -0.3 is 32.0 Å². The zero-order valence-corrected chi connectivity index (χ0v) is 19.6. The summed E-state index contributed by atoms with van der Waals surface area (Å²) in [6, 6.07) is 9.16. The van der Waals surface area contributed by atoms with Gasteiger partial charge in [-0.2, -0.15) is 0 Å². The van der Waals surface area contributed by atoms with Crippen LogP contribution in [0.1, 0.15) is 44.7 Å². The van der Waals surface area contributed by atoms with Gasteiger partial charge in [-0.15, -0.1) is 0 Å². The molecular formula is C24H31N5O5. The maximum Gasteiger partial charge on any atom is 0.255 e. The third-order valence-corrected chi connectivity index (χ3v) is 5.15. The highest BCUT2D eigenvalue weighted by molar-refractivity contribution is 6.00. The third kappa shape index (κ3) is 7.22. The predicted octanol–water partition coefficient (Wildman–Crippen LogP) is 1.07. The molecule has 2 aromatic rings. The van der Waals surface area contributed by atoms with Gasteiger partial charge in [0.25, 0.3) is 11.8 Å². The van der Waals surface area contributed by atoms with Crippen LogP contribution in [0.4, 0.5) is 0 Å². The molecule has 0 saturated heterocycles. The van der Waals surface area contributed by atoms with Crippen molar-refractivity contribution < 1.29 is 23.9 Å². The van der Waals surface area contributed by atoms with Gasteiger partial charge in [0.2, 0.25) is 0 Å². The van der Waals surface area contributed by atoms with Gasteiger partial charge in [0.1, 0.15) is 11.5 Å². The molecule has 2 aromatic carbocycles. The number of ketones is 1. The molecule has 10 heteroatoms. The molecule has 0 fully saturated rings. The lowest BCUT2D eigenvalue weighted by atomic mass is 9.98. The fourth-order valence-corrected chi connectivity index (χ4v) is 3.43. The molecule has 2 amide bonds. The van der Waals surface area contributed by atoms with Crippen molar-refractivity contribution in [2.45, 2.75) is 32.2 Å². The number of hydrogen-bond acceptors (Lipinski definition) is 6. The Kier molecular flexibility index (Phi) is 9.42. The van der Waals surface area contributed by atoms with E-state index in [1.54, 1.807) is 24.3 Å². The van der Waals surface area contributed by atoms with E-state index in [-0.39, 0.29) is 23.7 Å². The van der Waals surface area contributed by atoms with E-state index < -0.39 is 17.9 Å². The molecule has 0 saturated carbocycles. The van der Waals surface area contributed by atoms with E-state index >= 15 is 0 Å². The van der Waals surface area contributed by atoms with Crippen molar-refractivity contribution in [1.29, 1.82) is 0 Å². The van der Waals surface area contributed by atoms with E-state index in [1.807, 2.05) is 13.0 Å². The van der Waals surface area contributed by atoms with Gasteiger partial charge in [0.05, 0.1) is 31.4 Å². The molecule has 0 spiro atoms. The van der Waals surface area contributed by atoms with Crippen LogP contribution in [-0.2, 0) is 11.2 Å². The molecule has 34 heavy (non-hydrogen) atoms. The van der Waals surface area contributed by atoms with Crippen molar-refractivity contribution in [3.63, 3.8) is 0 Å². The zero-order valence-electron chi connectivity index (χ0n) is 19.6. The SMILES string of the molecule is COc1ccc(CC(=O)[C@H](CCCN=C(N)N)NC(=O)c2cc(C)ccc2OC)cc1C(N)=O. The van der Waals surface area contributed by atoms with Gasteiger partial charge in [0, 0.05) is 13.0 Å². The van der Waals surface area contributed by atoms with Crippen LogP contribution in [0, 0.1) is 6.92 Å². The van der Waals surface area contributed by atoms with Gasteiger partial charge in [-0.05, 0) is 49.6 Å². The van der Waals surface area contributed by atoms with Crippen LogP contribution in [0.25, 0.3) is 0 Å². The number of Topliss-reactive ketones (excluding diaryl/α,β-unsaturated/α-hetero) is 1. The monoisotopic (exact) mass is 469 g/mol. The molecule has 0 aliphatic heterocycles. The Morgan fingerprint density at radius 1 is 0.971 bits per heavy atom. The Morgan fingerprint density at radius 2 is 1.62 bits per heavy atom. The lowest BCUT2D eigenvalue weighted by Crippen LogP contribution is -2.42. The first-order chi connectivity index (χ1) is 16.2. The van der Waals surface area contributed by atoms with E-state index in [0.29, 0.717) is 42.0 Å². The average molecular weight is 470 g/mol. The van der Waals surface area contributed by atoms with Crippen molar-refractivity contribution in [2.75, 3.05) is 20.8 Å². The van der Waals surface area contributed by atoms with Gasteiger partial charge in [0.15, 0.2) is 11.7 Å². The number of nitrogens with zero attached hydrogens (tertiary/aromatic N) is 1. The summed E-state index contributed by atoms with van der Waals surface area (Å²) in [5.74, 6) is -0.680. The lowest BCUT2D eigenvalue weighted by Gasteiger charge is -2.19. The number of nitrogens with two attached hydrogens (primary N) is 3. The summed E-state index contributed by atoms with van der Waals surface area (Å²) in [7, 11) is 2.90. The minimum atomic E-state index is -0.814.